The van der Waals surface area contributed by atoms with Crippen LogP contribution in [0.4, 0.5) is 0 Å². The molecule has 0 unspecified atom stereocenters. The Hall–Kier alpha value is -2.67. The van der Waals surface area contributed by atoms with Crippen LogP contribution in [0.5, 0.6) is 0 Å². The summed E-state index contributed by atoms with van der Waals surface area (Å²) in [6.45, 7) is 2.18. The van der Waals surface area contributed by atoms with E-state index in [2.05, 4.69) is 91.5 Å². The molecule has 22 heavy (non-hydrogen) atoms. The molecule has 4 rings (SSSR count). The summed E-state index contributed by atoms with van der Waals surface area (Å²) in [6, 6.07) is 23.9. The molecule has 106 valence electrons. The van der Waals surface area contributed by atoms with Crippen LogP contribution < -0.4 is 4.57 Å². The predicted octanol–water partition coefficient (Wildman–Crippen LogP) is 4.79. The maximum atomic E-state index is 2.31. The molecule has 0 aliphatic carbocycles. The summed E-state index contributed by atoms with van der Waals surface area (Å²) in [5, 5.41) is 5.17. The number of fused-ring (bicyclic) bond motifs is 2. The van der Waals surface area contributed by atoms with Gasteiger partial charge in [-0.05, 0) is 46.8 Å². The Morgan fingerprint density at radius 1 is 0.727 bits per heavy atom. The van der Waals surface area contributed by atoms with Gasteiger partial charge in [-0.2, -0.15) is 0 Å². The third kappa shape index (κ3) is 1.98. The minimum atomic E-state index is 1.28. The molecule has 4 aromatic rings. The number of aromatic nitrogens is 1. The van der Waals surface area contributed by atoms with Gasteiger partial charge in [-0.25, -0.2) is 4.57 Å². The van der Waals surface area contributed by atoms with Crippen LogP contribution in [0, 0.1) is 6.92 Å². The molecular weight excluding hydrogens is 266 g/mol. The Labute approximate surface area is 130 Å². The van der Waals surface area contributed by atoms with Crippen molar-refractivity contribution in [1.29, 1.82) is 0 Å². The van der Waals surface area contributed by atoms with Crippen molar-refractivity contribution < 1.29 is 4.57 Å². The minimum Gasteiger partial charge on any atom is -0.200 e. The molecule has 0 N–H and O–H groups in total. The fourth-order valence-corrected chi connectivity index (χ4v) is 3.23. The molecule has 0 bridgehead atoms. The van der Waals surface area contributed by atoms with Crippen molar-refractivity contribution in [3.05, 3.63) is 78.5 Å². The van der Waals surface area contributed by atoms with Crippen LogP contribution in [-0.4, -0.2) is 0 Å². The standard InChI is InChI=1S/C21H18N/c1-15-7-3-6-10-19(15)21-20-14-17-9-5-4-8-16(17)13-18(20)11-12-22(21)2/h3-14H,1-2H3/q+1. The molecule has 3 aromatic carbocycles. The van der Waals surface area contributed by atoms with Gasteiger partial charge >= 0.3 is 0 Å². The summed E-state index contributed by atoms with van der Waals surface area (Å²) < 4.78 is 2.22. The van der Waals surface area contributed by atoms with Gasteiger partial charge in [-0.1, -0.05) is 42.5 Å². The van der Waals surface area contributed by atoms with Gasteiger partial charge in [0.15, 0.2) is 6.20 Å². The molecule has 0 fully saturated rings. The monoisotopic (exact) mass is 284 g/mol. The van der Waals surface area contributed by atoms with Crippen molar-refractivity contribution in [1.82, 2.24) is 0 Å². The van der Waals surface area contributed by atoms with Crippen molar-refractivity contribution in [2.45, 2.75) is 6.92 Å². The summed E-state index contributed by atoms with van der Waals surface area (Å²) in [4.78, 5) is 0. The van der Waals surface area contributed by atoms with E-state index in [1.807, 2.05) is 0 Å². The molecule has 0 radical (unpaired) electrons. The zero-order valence-corrected chi connectivity index (χ0v) is 12.9. The lowest BCUT2D eigenvalue weighted by molar-refractivity contribution is -0.659. The lowest BCUT2D eigenvalue weighted by atomic mass is 9.97. The highest BCUT2D eigenvalue weighted by atomic mass is 14.9. The Balaban J connectivity index is 2.15. The number of pyridine rings is 1. The average Bonchev–Trinajstić information content (AvgIpc) is 2.54. The average molecular weight is 284 g/mol. The predicted molar refractivity (Wildman–Crippen MR) is 92.8 cm³/mol. The highest BCUT2D eigenvalue weighted by Crippen LogP contribution is 2.30. The van der Waals surface area contributed by atoms with Crippen molar-refractivity contribution in [3.8, 4) is 11.3 Å². The van der Waals surface area contributed by atoms with Gasteiger partial charge in [0.2, 0.25) is 5.69 Å². The first-order chi connectivity index (χ1) is 10.7. The second kappa shape index (κ2) is 4.96. The van der Waals surface area contributed by atoms with Crippen LogP contribution in [0.25, 0.3) is 32.8 Å². The smallest absolute Gasteiger partial charge is 0.200 e. The van der Waals surface area contributed by atoms with E-state index >= 15 is 0 Å². The van der Waals surface area contributed by atoms with Gasteiger partial charge in [0.1, 0.15) is 7.05 Å². The molecular formula is C21H18N+. The molecule has 1 aromatic heterocycles. The largest absolute Gasteiger partial charge is 0.220 e. The van der Waals surface area contributed by atoms with Crippen LogP contribution in [-0.2, 0) is 7.05 Å². The molecule has 1 nitrogen and oxygen atoms in total. The molecule has 0 atom stereocenters. The first-order valence-corrected chi connectivity index (χ1v) is 7.61. The quantitative estimate of drug-likeness (QED) is 0.349. The Morgan fingerprint density at radius 3 is 2.18 bits per heavy atom. The number of benzene rings is 3. The van der Waals surface area contributed by atoms with Crippen LogP contribution in [0.2, 0.25) is 0 Å². The van der Waals surface area contributed by atoms with E-state index in [1.165, 1.54) is 38.4 Å². The number of aryl methyl sites for hydroxylation is 2. The lowest BCUT2D eigenvalue weighted by Gasteiger charge is -2.09. The first-order valence-electron chi connectivity index (χ1n) is 7.61. The van der Waals surface area contributed by atoms with Gasteiger partial charge in [-0.15, -0.1) is 0 Å². The second-order valence-electron chi connectivity index (χ2n) is 5.88. The van der Waals surface area contributed by atoms with Crippen molar-refractivity contribution in [3.63, 3.8) is 0 Å². The van der Waals surface area contributed by atoms with E-state index in [9.17, 15) is 0 Å². The molecule has 0 amide bonds. The van der Waals surface area contributed by atoms with E-state index in [0.717, 1.165) is 0 Å². The fraction of sp³-hybridized carbons (Fsp3) is 0.0952. The summed E-state index contributed by atoms with van der Waals surface area (Å²) in [6.07, 6.45) is 2.15. The minimum absolute atomic E-state index is 1.28. The molecule has 0 saturated carbocycles. The molecule has 0 aliphatic rings. The van der Waals surface area contributed by atoms with Crippen LogP contribution in [0.1, 0.15) is 5.56 Å². The number of hydrogen-bond donors (Lipinski definition) is 0. The zero-order chi connectivity index (χ0) is 15.1. The highest BCUT2D eigenvalue weighted by molar-refractivity contribution is 6.03. The summed E-state index contributed by atoms with van der Waals surface area (Å²) in [5.74, 6) is 0. The van der Waals surface area contributed by atoms with Crippen LogP contribution in [0.3, 0.4) is 0 Å². The van der Waals surface area contributed by atoms with Crippen LogP contribution in [0.15, 0.2) is 72.9 Å². The fourth-order valence-electron chi connectivity index (χ4n) is 3.23. The maximum Gasteiger partial charge on any atom is 0.220 e. The number of rotatable bonds is 1. The van der Waals surface area contributed by atoms with E-state index in [-0.39, 0.29) is 0 Å². The lowest BCUT2D eigenvalue weighted by Crippen LogP contribution is -2.30. The van der Waals surface area contributed by atoms with Crippen molar-refractivity contribution in [2.24, 2.45) is 7.05 Å². The van der Waals surface area contributed by atoms with Crippen LogP contribution >= 0.6 is 0 Å². The van der Waals surface area contributed by atoms with Crippen molar-refractivity contribution >= 4 is 21.5 Å². The van der Waals surface area contributed by atoms with E-state index in [4.69, 9.17) is 0 Å². The molecule has 0 saturated heterocycles. The molecule has 1 heterocycles. The number of hydrogen-bond acceptors (Lipinski definition) is 0. The van der Waals surface area contributed by atoms with Gasteiger partial charge in [0, 0.05) is 11.6 Å². The van der Waals surface area contributed by atoms with Gasteiger partial charge in [-0.3, -0.25) is 0 Å². The molecule has 0 spiro atoms. The molecule has 1 heteroatoms. The van der Waals surface area contributed by atoms with E-state index in [0.29, 0.717) is 0 Å². The normalized spacial score (nSPS) is 11.2. The summed E-state index contributed by atoms with van der Waals surface area (Å²) >= 11 is 0. The topological polar surface area (TPSA) is 3.88 Å². The highest BCUT2D eigenvalue weighted by Gasteiger charge is 2.16. The summed E-state index contributed by atoms with van der Waals surface area (Å²) in [5.41, 5.74) is 3.88. The van der Waals surface area contributed by atoms with Gasteiger partial charge in [0.05, 0.1) is 5.39 Å². The zero-order valence-electron chi connectivity index (χ0n) is 12.9. The summed E-state index contributed by atoms with van der Waals surface area (Å²) in [7, 11) is 2.12. The Bertz CT molecular complexity index is 999. The first kappa shape index (κ1) is 13.0. The number of nitrogens with zero attached hydrogens (tertiary/aromatic N) is 1. The van der Waals surface area contributed by atoms with Gasteiger partial charge < -0.3 is 0 Å². The maximum absolute atomic E-state index is 2.31. The SMILES string of the molecule is Cc1ccccc1-c1c2cc3ccccc3cc2cc[n+]1C. The Morgan fingerprint density at radius 2 is 1.41 bits per heavy atom. The third-order valence-electron chi connectivity index (χ3n) is 4.40. The van der Waals surface area contributed by atoms with E-state index < -0.39 is 0 Å². The third-order valence-corrected chi connectivity index (χ3v) is 4.40. The second-order valence-corrected chi connectivity index (χ2v) is 5.88. The van der Waals surface area contributed by atoms with Gasteiger partial charge in [0.25, 0.3) is 0 Å². The van der Waals surface area contributed by atoms with E-state index in [1.54, 1.807) is 0 Å². The Kier molecular flexibility index (Phi) is 2.93. The van der Waals surface area contributed by atoms with Crippen molar-refractivity contribution in [2.75, 3.05) is 0 Å². The molecule has 0 aliphatic heterocycles.